The second-order valence-electron chi connectivity index (χ2n) is 4.06. The molecular formula is C11H12FNO3S. The quantitative estimate of drug-likeness (QED) is 0.799. The Morgan fingerprint density at radius 2 is 2.18 bits per heavy atom. The molecule has 2 rings (SSSR count). The van der Waals surface area contributed by atoms with Crippen molar-refractivity contribution < 1.29 is 17.9 Å². The molecule has 0 heterocycles. The van der Waals surface area contributed by atoms with Gasteiger partial charge in [0.1, 0.15) is 10.7 Å². The minimum absolute atomic E-state index is 0.144. The fourth-order valence-electron chi connectivity index (χ4n) is 1.95. The Morgan fingerprint density at radius 1 is 1.53 bits per heavy atom. The first-order valence-electron chi connectivity index (χ1n) is 5.14. The van der Waals surface area contributed by atoms with Crippen LogP contribution in [0.3, 0.4) is 0 Å². The molecule has 1 fully saturated rings. The van der Waals surface area contributed by atoms with Crippen LogP contribution in [0.5, 0.6) is 0 Å². The monoisotopic (exact) mass is 257 g/mol. The Balaban J connectivity index is 2.39. The van der Waals surface area contributed by atoms with Gasteiger partial charge in [-0.05, 0) is 30.5 Å². The molecule has 1 atom stereocenters. The van der Waals surface area contributed by atoms with Crippen LogP contribution < -0.4 is 5.32 Å². The van der Waals surface area contributed by atoms with E-state index in [9.17, 15) is 13.4 Å². The lowest BCUT2D eigenvalue weighted by molar-refractivity contribution is -0.123. The maximum absolute atomic E-state index is 13.5. The van der Waals surface area contributed by atoms with Gasteiger partial charge in [0.15, 0.2) is 11.1 Å². The van der Waals surface area contributed by atoms with E-state index >= 15 is 0 Å². The van der Waals surface area contributed by atoms with Crippen molar-refractivity contribution in [2.24, 2.45) is 0 Å². The molecule has 1 aromatic rings. The summed E-state index contributed by atoms with van der Waals surface area (Å²) in [6.07, 6.45) is 1.35. The maximum atomic E-state index is 13.5. The van der Waals surface area contributed by atoms with Crippen molar-refractivity contribution in [3.63, 3.8) is 0 Å². The third-order valence-electron chi connectivity index (χ3n) is 3.08. The Morgan fingerprint density at radius 3 is 2.59 bits per heavy atom. The van der Waals surface area contributed by atoms with Crippen LogP contribution >= 0.6 is 0 Å². The second kappa shape index (κ2) is 4.19. The van der Waals surface area contributed by atoms with Crippen molar-refractivity contribution in [2.45, 2.75) is 23.2 Å². The molecule has 0 radical (unpaired) electrons. The molecule has 1 saturated carbocycles. The lowest BCUT2D eigenvalue weighted by Gasteiger charge is -2.14. The predicted octanol–water partition coefficient (Wildman–Crippen LogP) is 1.18. The van der Waals surface area contributed by atoms with Crippen LogP contribution in [0.25, 0.3) is 0 Å². The van der Waals surface area contributed by atoms with Gasteiger partial charge in [-0.3, -0.25) is 4.79 Å². The summed E-state index contributed by atoms with van der Waals surface area (Å²) in [5.74, 6) is -0.895. The van der Waals surface area contributed by atoms with E-state index in [2.05, 4.69) is 5.32 Å². The van der Waals surface area contributed by atoms with Crippen LogP contribution in [0.1, 0.15) is 18.4 Å². The van der Waals surface area contributed by atoms with E-state index in [1.54, 1.807) is 0 Å². The standard InChI is InChI=1S/C11H12FNO3S/c1-13-10(14)11(4-5-11)7-2-3-9(17(15)16)8(12)6-7/h2-3,6H,4-5H2,1H3,(H,13,14)(H,15,16). The summed E-state index contributed by atoms with van der Waals surface area (Å²) in [6, 6.07) is 3.96. The summed E-state index contributed by atoms with van der Waals surface area (Å²) in [5.41, 5.74) is -0.0889. The van der Waals surface area contributed by atoms with Gasteiger partial charge in [-0.2, -0.15) is 0 Å². The molecule has 1 aromatic carbocycles. The first-order chi connectivity index (χ1) is 8.01. The van der Waals surface area contributed by atoms with Gasteiger partial charge in [0.05, 0.1) is 5.41 Å². The Labute approximate surface area is 101 Å². The molecule has 92 valence electrons. The van der Waals surface area contributed by atoms with Crippen molar-refractivity contribution in [1.82, 2.24) is 5.32 Å². The van der Waals surface area contributed by atoms with Crippen molar-refractivity contribution in [2.75, 3.05) is 7.05 Å². The Kier molecular flexibility index (Phi) is 3.01. The lowest BCUT2D eigenvalue weighted by atomic mass is 9.95. The zero-order valence-electron chi connectivity index (χ0n) is 9.20. The van der Waals surface area contributed by atoms with E-state index in [0.717, 1.165) is 0 Å². The summed E-state index contributed by atoms with van der Waals surface area (Å²) < 4.78 is 33.1. The van der Waals surface area contributed by atoms with Crippen molar-refractivity contribution in [3.05, 3.63) is 29.6 Å². The van der Waals surface area contributed by atoms with Gasteiger partial charge >= 0.3 is 0 Å². The summed E-state index contributed by atoms with van der Waals surface area (Å²) in [7, 11) is 1.54. The number of rotatable bonds is 3. The zero-order chi connectivity index (χ0) is 12.6. The van der Waals surface area contributed by atoms with Crippen molar-refractivity contribution in [3.8, 4) is 0 Å². The van der Waals surface area contributed by atoms with Gasteiger partial charge in [0.25, 0.3) is 0 Å². The molecule has 4 nitrogen and oxygen atoms in total. The average molecular weight is 257 g/mol. The first kappa shape index (κ1) is 12.2. The van der Waals surface area contributed by atoms with Crippen molar-refractivity contribution in [1.29, 1.82) is 0 Å². The predicted molar refractivity (Wildman–Crippen MR) is 60.4 cm³/mol. The largest absolute Gasteiger partial charge is 0.358 e. The van der Waals surface area contributed by atoms with Crippen LogP contribution in [0.15, 0.2) is 23.1 Å². The Bertz CT molecular complexity index is 499. The highest BCUT2D eigenvalue weighted by molar-refractivity contribution is 7.79. The van der Waals surface area contributed by atoms with Crippen LogP contribution in [0.4, 0.5) is 4.39 Å². The average Bonchev–Trinajstić information content (AvgIpc) is 3.08. The van der Waals surface area contributed by atoms with Crippen LogP contribution in [-0.4, -0.2) is 21.7 Å². The number of carbonyl (C=O) groups is 1. The van der Waals surface area contributed by atoms with Gasteiger partial charge in [-0.1, -0.05) is 6.07 Å². The van der Waals surface area contributed by atoms with Gasteiger partial charge in [0, 0.05) is 7.05 Å². The molecule has 2 N–H and O–H groups in total. The number of amides is 1. The topological polar surface area (TPSA) is 66.4 Å². The third-order valence-corrected chi connectivity index (χ3v) is 3.79. The van der Waals surface area contributed by atoms with E-state index in [1.807, 2.05) is 0 Å². The zero-order valence-corrected chi connectivity index (χ0v) is 10.0. The first-order valence-corrected chi connectivity index (χ1v) is 6.25. The third kappa shape index (κ3) is 1.98. The van der Waals surface area contributed by atoms with Crippen molar-refractivity contribution >= 4 is 17.0 Å². The number of likely N-dealkylation sites (N-methyl/N-ethyl adjacent to an activating group) is 1. The molecule has 17 heavy (non-hydrogen) atoms. The van der Waals surface area contributed by atoms with E-state index in [4.69, 9.17) is 4.55 Å². The number of carbonyl (C=O) groups excluding carboxylic acids is 1. The van der Waals surface area contributed by atoms with E-state index in [1.165, 1.54) is 25.2 Å². The summed E-state index contributed by atoms with van der Waals surface area (Å²) in [5, 5.41) is 2.55. The van der Waals surface area contributed by atoms with E-state index in [0.29, 0.717) is 18.4 Å². The molecule has 0 spiro atoms. The Hall–Kier alpha value is -1.27. The van der Waals surface area contributed by atoms with Gasteiger partial charge < -0.3 is 9.87 Å². The summed E-state index contributed by atoms with van der Waals surface area (Å²) in [4.78, 5) is 11.4. The molecule has 0 aliphatic heterocycles. The number of hydrogen-bond acceptors (Lipinski definition) is 2. The normalized spacial score (nSPS) is 18.5. The van der Waals surface area contributed by atoms with E-state index < -0.39 is 22.3 Å². The van der Waals surface area contributed by atoms with Gasteiger partial charge in [-0.15, -0.1) is 0 Å². The maximum Gasteiger partial charge on any atom is 0.230 e. The summed E-state index contributed by atoms with van der Waals surface area (Å²) >= 11 is -2.34. The minimum atomic E-state index is -2.34. The minimum Gasteiger partial charge on any atom is -0.358 e. The molecule has 1 unspecified atom stereocenters. The highest BCUT2D eigenvalue weighted by Crippen LogP contribution is 2.48. The number of nitrogens with one attached hydrogen (secondary N) is 1. The van der Waals surface area contributed by atoms with Gasteiger partial charge in [-0.25, -0.2) is 8.60 Å². The molecule has 0 aromatic heterocycles. The van der Waals surface area contributed by atoms with Crippen LogP contribution in [-0.2, 0) is 21.3 Å². The molecule has 1 amide bonds. The smallest absolute Gasteiger partial charge is 0.230 e. The highest BCUT2D eigenvalue weighted by Gasteiger charge is 2.51. The van der Waals surface area contributed by atoms with Crippen LogP contribution in [0, 0.1) is 5.82 Å². The molecule has 1 aliphatic rings. The molecule has 0 bridgehead atoms. The fraction of sp³-hybridized carbons (Fsp3) is 0.364. The second-order valence-corrected chi connectivity index (χ2v) is 4.99. The van der Waals surface area contributed by atoms with Crippen LogP contribution in [0.2, 0.25) is 0 Å². The van der Waals surface area contributed by atoms with E-state index in [-0.39, 0.29) is 10.8 Å². The molecule has 6 heteroatoms. The molecule has 0 saturated heterocycles. The fourth-order valence-corrected chi connectivity index (χ4v) is 2.36. The number of hydrogen-bond donors (Lipinski definition) is 2. The number of benzene rings is 1. The summed E-state index contributed by atoms with van der Waals surface area (Å²) in [6.45, 7) is 0. The SMILES string of the molecule is CNC(=O)C1(c2ccc(S(=O)O)c(F)c2)CC1. The highest BCUT2D eigenvalue weighted by atomic mass is 32.2. The number of halogens is 1. The molecule has 1 aliphatic carbocycles. The van der Waals surface area contributed by atoms with Gasteiger partial charge in [0.2, 0.25) is 5.91 Å². The lowest BCUT2D eigenvalue weighted by Crippen LogP contribution is -2.31. The molecular weight excluding hydrogens is 245 g/mol.